The lowest BCUT2D eigenvalue weighted by molar-refractivity contribution is 0.646. The van der Waals surface area contributed by atoms with Crippen molar-refractivity contribution >= 4 is 23.0 Å². The van der Waals surface area contributed by atoms with E-state index >= 15 is 0 Å². The van der Waals surface area contributed by atoms with Crippen molar-refractivity contribution in [2.75, 3.05) is 53.6 Å². The van der Waals surface area contributed by atoms with Crippen molar-refractivity contribution in [1.82, 2.24) is 9.97 Å². The summed E-state index contributed by atoms with van der Waals surface area (Å²) in [6.45, 7) is 12.3. The van der Waals surface area contributed by atoms with Crippen LogP contribution in [0.3, 0.4) is 0 Å². The number of nitrogen functional groups attached to an aromatic ring is 1. The molecular formula is C19H26N6. The molecule has 1 aromatic heterocycles. The van der Waals surface area contributed by atoms with E-state index in [9.17, 15) is 0 Å². The summed E-state index contributed by atoms with van der Waals surface area (Å²) in [6, 6.07) is 6.49. The van der Waals surface area contributed by atoms with Crippen molar-refractivity contribution in [1.29, 1.82) is 0 Å². The standard InChI is InChI=1S/C19H26N6/c1-4-8-21-18-17(20)19(23-13-22-18)25-11-9-24(10-12-25)16-7-5-6-14(2)15(16)3/h4-7,13H,1,8-12,20H2,2-3H3,(H,21,22,23). The molecule has 6 heteroatoms. The van der Waals surface area contributed by atoms with E-state index < -0.39 is 0 Å². The molecule has 1 aliphatic heterocycles. The third-order valence-corrected chi connectivity index (χ3v) is 4.77. The SMILES string of the molecule is C=CCNc1ncnc(N2CCN(c3cccc(C)c3C)CC2)c1N. The van der Waals surface area contributed by atoms with Crippen LogP contribution in [0, 0.1) is 13.8 Å². The second kappa shape index (κ2) is 7.42. The lowest BCUT2D eigenvalue weighted by Crippen LogP contribution is -2.47. The van der Waals surface area contributed by atoms with Gasteiger partial charge in [-0.3, -0.25) is 0 Å². The average Bonchev–Trinajstić information content (AvgIpc) is 2.63. The van der Waals surface area contributed by atoms with Crippen LogP contribution < -0.4 is 20.9 Å². The van der Waals surface area contributed by atoms with Crippen LogP contribution in [0.1, 0.15) is 11.1 Å². The first-order valence-corrected chi connectivity index (χ1v) is 8.63. The second-order valence-corrected chi connectivity index (χ2v) is 6.32. The molecule has 1 aromatic carbocycles. The van der Waals surface area contributed by atoms with E-state index in [2.05, 4.69) is 63.7 Å². The Morgan fingerprint density at radius 1 is 1.16 bits per heavy atom. The van der Waals surface area contributed by atoms with Gasteiger partial charge in [-0.05, 0) is 31.0 Å². The largest absolute Gasteiger partial charge is 0.393 e. The summed E-state index contributed by atoms with van der Waals surface area (Å²) in [6.07, 6.45) is 3.35. The molecule has 0 bridgehead atoms. The second-order valence-electron chi connectivity index (χ2n) is 6.32. The Bertz CT molecular complexity index is 750. The molecule has 2 heterocycles. The number of nitrogens with two attached hydrogens (primary N) is 1. The van der Waals surface area contributed by atoms with E-state index in [-0.39, 0.29) is 0 Å². The normalized spacial score (nSPS) is 14.5. The van der Waals surface area contributed by atoms with Crippen LogP contribution in [-0.2, 0) is 0 Å². The molecule has 0 atom stereocenters. The minimum atomic E-state index is 0.601. The molecule has 1 aliphatic rings. The minimum absolute atomic E-state index is 0.601. The number of nitrogens with zero attached hydrogens (tertiary/aromatic N) is 4. The summed E-state index contributed by atoms with van der Waals surface area (Å²) in [5.41, 5.74) is 10.9. The number of hydrogen-bond acceptors (Lipinski definition) is 6. The molecule has 3 N–H and O–H groups in total. The molecule has 132 valence electrons. The maximum atomic E-state index is 6.27. The maximum Gasteiger partial charge on any atom is 0.157 e. The Morgan fingerprint density at radius 2 is 1.88 bits per heavy atom. The number of aromatic nitrogens is 2. The highest BCUT2D eigenvalue weighted by atomic mass is 15.3. The zero-order chi connectivity index (χ0) is 17.8. The Morgan fingerprint density at radius 3 is 2.60 bits per heavy atom. The van der Waals surface area contributed by atoms with E-state index in [1.165, 1.54) is 16.8 Å². The quantitative estimate of drug-likeness (QED) is 0.817. The van der Waals surface area contributed by atoms with Gasteiger partial charge in [0.2, 0.25) is 0 Å². The van der Waals surface area contributed by atoms with Gasteiger partial charge in [-0.15, -0.1) is 6.58 Å². The average molecular weight is 338 g/mol. The van der Waals surface area contributed by atoms with E-state index in [0.717, 1.165) is 32.0 Å². The fraction of sp³-hybridized carbons (Fsp3) is 0.368. The third-order valence-electron chi connectivity index (χ3n) is 4.77. The van der Waals surface area contributed by atoms with Gasteiger partial charge in [-0.1, -0.05) is 18.2 Å². The minimum Gasteiger partial charge on any atom is -0.393 e. The fourth-order valence-corrected chi connectivity index (χ4v) is 3.19. The van der Waals surface area contributed by atoms with E-state index in [1.807, 2.05) is 0 Å². The number of rotatable bonds is 5. The Kier molecular flexibility index (Phi) is 5.07. The number of hydrogen-bond donors (Lipinski definition) is 2. The predicted octanol–water partition coefficient (Wildman–Crippen LogP) is 2.60. The first-order chi connectivity index (χ1) is 12.1. The molecule has 2 aromatic rings. The fourth-order valence-electron chi connectivity index (χ4n) is 3.19. The predicted molar refractivity (Wildman–Crippen MR) is 105 cm³/mol. The lowest BCUT2D eigenvalue weighted by Gasteiger charge is -2.38. The summed E-state index contributed by atoms with van der Waals surface area (Å²) in [5, 5.41) is 3.16. The number of anilines is 4. The van der Waals surface area contributed by atoms with Crippen molar-refractivity contribution in [3.8, 4) is 0 Å². The van der Waals surface area contributed by atoms with Gasteiger partial charge in [0.15, 0.2) is 11.6 Å². The van der Waals surface area contributed by atoms with Gasteiger partial charge >= 0.3 is 0 Å². The molecule has 0 amide bonds. The van der Waals surface area contributed by atoms with Crippen LogP contribution in [0.5, 0.6) is 0 Å². The number of piperazine rings is 1. The van der Waals surface area contributed by atoms with Crippen molar-refractivity contribution < 1.29 is 0 Å². The molecule has 0 saturated carbocycles. The number of aryl methyl sites for hydroxylation is 1. The van der Waals surface area contributed by atoms with Crippen molar-refractivity contribution in [3.05, 3.63) is 48.3 Å². The monoisotopic (exact) mass is 338 g/mol. The van der Waals surface area contributed by atoms with Crippen LogP contribution in [0.4, 0.5) is 23.0 Å². The van der Waals surface area contributed by atoms with Gasteiger partial charge in [0.1, 0.15) is 12.0 Å². The molecule has 0 unspecified atom stereocenters. The van der Waals surface area contributed by atoms with Gasteiger partial charge in [-0.2, -0.15) is 0 Å². The Balaban J connectivity index is 1.72. The molecule has 1 saturated heterocycles. The molecule has 25 heavy (non-hydrogen) atoms. The maximum absolute atomic E-state index is 6.27. The summed E-state index contributed by atoms with van der Waals surface area (Å²) in [4.78, 5) is 13.3. The van der Waals surface area contributed by atoms with E-state index in [4.69, 9.17) is 5.73 Å². The summed E-state index contributed by atoms with van der Waals surface area (Å²) < 4.78 is 0. The summed E-state index contributed by atoms with van der Waals surface area (Å²) >= 11 is 0. The number of nitrogens with one attached hydrogen (secondary N) is 1. The molecule has 0 spiro atoms. The first-order valence-electron chi connectivity index (χ1n) is 8.63. The van der Waals surface area contributed by atoms with Crippen LogP contribution in [0.15, 0.2) is 37.2 Å². The number of benzene rings is 1. The summed E-state index contributed by atoms with van der Waals surface area (Å²) in [7, 11) is 0. The smallest absolute Gasteiger partial charge is 0.157 e. The highest BCUT2D eigenvalue weighted by molar-refractivity contribution is 5.75. The molecule has 3 rings (SSSR count). The Hall–Kier alpha value is -2.76. The highest BCUT2D eigenvalue weighted by Crippen LogP contribution is 2.29. The van der Waals surface area contributed by atoms with Gasteiger partial charge in [0.05, 0.1) is 0 Å². The highest BCUT2D eigenvalue weighted by Gasteiger charge is 2.22. The topological polar surface area (TPSA) is 70.3 Å². The molecule has 0 radical (unpaired) electrons. The summed E-state index contributed by atoms with van der Waals surface area (Å²) in [5.74, 6) is 1.48. The molecule has 0 aliphatic carbocycles. The Labute approximate surface area is 149 Å². The molecule has 6 nitrogen and oxygen atoms in total. The van der Waals surface area contributed by atoms with Crippen LogP contribution in [0.2, 0.25) is 0 Å². The van der Waals surface area contributed by atoms with Crippen LogP contribution in [0.25, 0.3) is 0 Å². The zero-order valence-corrected chi connectivity index (χ0v) is 15.0. The molecule has 1 fully saturated rings. The third kappa shape index (κ3) is 3.52. The van der Waals surface area contributed by atoms with Gasteiger partial charge in [-0.25, -0.2) is 9.97 Å². The van der Waals surface area contributed by atoms with Gasteiger partial charge in [0, 0.05) is 38.4 Å². The molecular weight excluding hydrogens is 312 g/mol. The van der Waals surface area contributed by atoms with Gasteiger partial charge < -0.3 is 20.9 Å². The first kappa shape index (κ1) is 17.1. The van der Waals surface area contributed by atoms with Crippen LogP contribution in [-0.4, -0.2) is 42.7 Å². The van der Waals surface area contributed by atoms with Crippen molar-refractivity contribution in [3.63, 3.8) is 0 Å². The van der Waals surface area contributed by atoms with Gasteiger partial charge in [0.25, 0.3) is 0 Å². The van der Waals surface area contributed by atoms with Crippen LogP contribution >= 0.6 is 0 Å². The van der Waals surface area contributed by atoms with E-state index in [0.29, 0.717) is 18.1 Å². The lowest BCUT2D eigenvalue weighted by atomic mass is 10.1. The van der Waals surface area contributed by atoms with E-state index in [1.54, 1.807) is 12.4 Å². The van der Waals surface area contributed by atoms with Crippen molar-refractivity contribution in [2.24, 2.45) is 0 Å². The van der Waals surface area contributed by atoms with Crippen molar-refractivity contribution in [2.45, 2.75) is 13.8 Å². The zero-order valence-electron chi connectivity index (χ0n) is 15.0.